The van der Waals surface area contributed by atoms with E-state index in [2.05, 4.69) is 4.98 Å². The minimum Gasteiger partial charge on any atom is -0.497 e. The molecule has 0 saturated carbocycles. The lowest BCUT2D eigenvalue weighted by Gasteiger charge is -2.11. The van der Waals surface area contributed by atoms with E-state index in [0.717, 1.165) is 16.8 Å². The maximum absolute atomic E-state index is 12.6. The van der Waals surface area contributed by atoms with Crippen LogP contribution in [0, 0.1) is 0 Å². The molecule has 0 saturated heterocycles. The number of carbonyl (C=O) groups excluding carboxylic acids is 1. The van der Waals surface area contributed by atoms with E-state index in [1.807, 2.05) is 48.5 Å². The van der Waals surface area contributed by atoms with E-state index < -0.39 is 0 Å². The molecule has 0 aliphatic heterocycles. The van der Waals surface area contributed by atoms with Crippen LogP contribution < -0.4 is 4.74 Å². The van der Waals surface area contributed by atoms with Crippen molar-refractivity contribution in [2.45, 2.75) is 0 Å². The molecule has 122 valence electrons. The van der Waals surface area contributed by atoms with Gasteiger partial charge < -0.3 is 14.1 Å². The van der Waals surface area contributed by atoms with Crippen molar-refractivity contribution in [3.63, 3.8) is 0 Å². The number of carbonyl (C=O) groups is 1. The van der Waals surface area contributed by atoms with E-state index in [4.69, 9.17) is 9.15 Å². The summed E-state index contributed by atoms with van der Waals surface area (Å²) < 4.78 is 10.9. The van der Waals surface area contributed by atoms with Crippen molar-refractivity contribution >= 4 is 28.7 Å². The van der Waals surface area contributed by atoms with Gasteiger partial charge in [0.05, 0.1) is 7.11 Å². The van der Waals surface area contributed by atoms with Crippen LogP contribution in [-0.2, 0) is 4.79 Å². The number of hydrogen-bond acceptors (Lipinski definition) is 4. The molecule has 0 aliphatic rings. The van der Waals surface area contributed by atoms with Gasteiger partial charge in [0.25, 0.3) is 5.91 Å². The Hall–Kier alpha value is -3.08. The maximum atomic E-state index is 12.6. The second-order valence-corrected chi connectivity index (χ2v) is 5.52. The van der Waals surface area contributed by atoms with Gasteiger partial charge in [0.1, 0.15) is 16.8 Å². The number of amides is 1. The van der Waals surface area contributed by atoms with E-state index in [1.165, 1.54) is 4.90 Å². The highest BCUT2D eigenvalue weighted by Crippen LogP contribution is 2.24. The first-order valence-corrected chi connectivity index (χ1v) is 7.52. The van der Waals surface area contributed by atoms with Crippen molar-refractivity contribution in [3.05, 3.63) is 60.0 Å². The average molecular weight is 322 g/mol. The molecule has 0 unspecified atom stereocenters. The summed E-state index contributed by atoms with van der Waals surface area (Å²) in [5.41, 5.74) is 2.64. The second-order valence-electron chi connectivity index (χ2n) is 5.52. The summed E-state index contributed by atoms with van der Waals surface area (Å²) in [6.45, 7) is 0. The first-order valence-electron chi connectivity index (χ1n) is 7.52. The van der Waals surface area contributed by atoms with Crippen LogP contribution in [0.5, 0.6) is 5.75 Å². The van der Waals surface area contributed by atoms with Gasteiger partial charge in [0.2, 0.25) is 5.89 Å². The van der Waals surface area contributed by atoms with Crippen LogP contribution in [-0.4, -0.2) is 37.0 Å². The standard InChI is InChI=1S/C19H18N2O3/c1-21(2)19(22)15(12-13-8-10-14(23-3)11-9-13)18-20-16-6-4-5-7-17(16)24-18/h4-12H,1-3H3. The molecule has 0 fully saturated rings. The molecule has 1 amide bonds. The first-order chi connectivity index (χ1) is 11.6. The lowest BCUT2D eigenvalue weighted by molar-refractivity contribution is -0.122. The van der Waals surface area contributed by atoms with Crippen molar-refractivity contribution in [1.29, 1.82) is 0 Å². The number of para-hydroxylation sites is 2. The van der Waals surface area contributed by atoms with Crippen molar-refractivity contribution in [2.75, 3.05) is 21.2 Å². The summed E-state index contributed by atoms with van der Waals surface area (Å²) in [5, 5.41) is 0. The lowest BCUT2D eigenvalue weighted by atomic mass is 10.1. The van der Waals surface area contributed by atoms with Crippen molar-refractivity contribution < 1.29 is 13.9 Å². The number of hydrogen-bond donors (Lipinski definition) is 0. The fourth-order valence-corrected chi connectivity index (χ4v) is 2.31. The summed E-state index contributed by atoms with van der Waals surface area (Å²) >= 11 is 0. The molecule has 0 bridgehead atoms. The molecule has 3 aromatic rings. The molecule has 0 N–H and O–H groups in total. The quantitative estimate of drug-likeness (QED) is 0.690. The SMILES string of the molecule is COc1ccc(C=C(C(=O)N(C)C)c2nc3ccccc3o2)cc1. The molecular formula is C19H18N2O3. The highest BCUT2D eigenvalue weighted by atomic mass is 16.5. The fraction of sp³-hybridized carbons (Fsp3) is 0.158. The van der Waals surface area contributed by atoms with Gasteiger partial charge in [-0.05, 0) is 35.9 Å². The molecule has 3 rings (SSSR count). The molecule has 0 atom stereocenters. The van der Waals surface area contributed by atoms with Gasteiger partial charge in [0.15, 0.2) is 5.58 Å². The molecule has 24 heavy (non-hydrogen) atoms. The Morgan fingerprint density at radius 2 is 1.83 bits per heavy atom. The number of benzene rings is 2. The van der Waals surface area contributed by atoms with Crippen LogP contribution in [0.15, 0.2) is 52.9 Å². The molecule has 0 radical (unpaired) electrons. The smallest absolute Gasteiger partial charge is 0.258 e. The lowest BCUT2D eigenvalue weighted by Crippen LogP contribution is -2.22. The summed E-state index contributed by atoms with van der Waals surface area (Å²) in [4.78, 5) is 18.5. The molecule has 5 nitrogen and oxygen atoms in total. The number of ether oxygens (including phenoxy) is 1. The topological polar surface area (TPSA) is 55.6 Å². The zero-order valence-electron chi connectivity index (χ0n) is 13.8. The van der Waals surface area contributed by atoms with E-state index in [-0.39, 0.29) is 5.91 Å². The van der Waals surface area contributed by atoms with Crippen molar-refractivity contribution in [1.82, 2.24) is 9.88 Å². The van der Waals surface area contributed by atoms with Crippen LogP contribution in [0.4, 0.5) is 0 Å². The summed E-state index contributed by atoms with van der Waals surface area (Å²) in [6, 6.07) is 14.9. The Balaban J connectivity index is 2.08. The molecule has 0 aliphatic carbocycles. The van der Waals surface area contributed by atoms with Crippen LogP contribution in [0.25, 0.3) is 22.7 Å². The van der Waals surface area contributed by atoms with Gasteiger partial charge in [-0.2, -0.15) is 0 Å². The third-order valence-electron chi connectivity index (χ3n) is 3.59. The predicted molar refractivity (Wildman–Crippen MR) is 93.6 cm³/mol. The maximum Gasteiger partial charge on any atom is 0.258 e. The van der Waals surface area contributed by atoms with Crippen LogP contribution >= 0.6 is 0 Å². The van der Waals surface area contributed by atoms with Crippen molar-refractivity contribution in [3.8, 4) is 5.75 Å². The highest BCUT2D eigenvalue weighted by Gasteiger charge is 2.20. The predicted octanol–water partition coefficient (Wildman–Crippen LogP) is 3.47. The fourth-order valence-electron chi connectivity index (χ4n) is 2.31. The molecule has 5 heteroatoms. The zero-order valence-corrected chi connectivity index (χ0v) is 13.8. The largest absolute Gasteiger partial charge is 0.497 e. The zero-order chi connectivity index (χ0) is 17.1. The summed E-state index contributed by atoms with van der Waals surface area (Å²) in [5.74, 6) is 0.901. The second kappa shape index (κ2) is 6.58. The molecule has 1 heterocycles. The van der Waals surface area contributed by atoms with E-state index in [9.17, 15) is 4.79 Å². The van der Waals surface area contributed by atoms with Gasteiger partial charge in [-0.1, -0.05) is 24.3 Å². The minimum atomic E-state index is -0.169. The Bertz CT molecular complexity index is 859. The van der Waals surface area contributed by atoms with E-state index in [0.29, 0.717) is 17.0 Å². The summed E-state index contributed by atoms with van der Waals surface area (Å²) in [7, 11) is 5.02. The minimum absolute atomic E-state index is 0.169. The van der Waals surface area contributed by atoms with Crippen LogP contribution in [0.1, 0.15) is 11.5 Å². The number of nitrogens with zero attached hydrogens (tertiary/aromatic N) is 2. The van der Waals surface area contributed by atoms with Gasteiger partial charge in [-0.15, -0.1) is 0 Å². The van der Waals surface area contributed by atoms with Crippen LogP contribution in [0.2, 0.25) is 0 Å². The first kappa shape index (κ1) is 15.8. The third-order valence-corrected chi connectivity index (χ3v) is 3.59. The number of fused-ring (bicyclic) bond motifs is 1. The monoisotopic (exact) mass is 322 g/mol. The Morgan fingerprint density at radius 1 is 1.12 bits per heavy atom. The van der Waals surface area contributed by atoms with Gasteiger partial charge >= 0.3 is 0 Å². The van der Waals surface area contributed by atoms with Crippen LogP contribution in [0.3, 0.4) is 0 Å². The Labute approximate surface area is 140 Å². The Kier molecular flexibility index (Phi) is 4.33. The van der Waals surface area contributed by atoms with E-state index >= 15 is 0 Å². The Morgan fingerprint density at radius 3 is 2.46 bits per heavy atom. The molecular weight excluding hydrogens is 304 g/mol. The molecule has 0 spiro atoms. The number of methoxy groups -OCH3 is 1. The number of aromatic nitrogens is 1. The number of oxazole rings is 1. The average Bonchev–Trinajstić information content (AvgIpc) is 3.03. The normalized spacial score (nSPS) is 11.5. The third kappa shape index (κ3) is 3.15. The molecule has 2 aromatic carbocycles. The van der Waals surface area contributed by atoms with Gasteiger partial charge in [-0.3, -0.25) is 4.79 Å². The van der Waals surface area contributed by atoms with Crippen molar-refractivity contribution in [2.24, 2.45) is 0 Å². The van der Waals surface area contributed by atoms with E-state index in [1.54, 1.807) is 27.3 Å². The number of likely N-dealkylation sites (N-methyl/N-ethyl adjacent to an activating group) is 1. The van der Waals surface area contributed by atoms with Gasteiger partial charge in [0, 0.05) is 14.1 Å². The summed E-state index contributed by atoms with van der Waals surface area (Å²) in [6.07, 6.45) is 1.77. The number of rotatable bonds is 4. The molecule has 1 aromatic heterocycles. The highest BCUT2D eigenvalue weighted by molar-refractivity contribution is 6.23. The van der Waals surface area contributed by atoms with Gasteiger partial charge in [-0.25, -0.2) is 4.98 Å².